The first-order chi connectivity index (χ1) is 17.3. The second-order valence-corrected chi connectivity index (χ2v) is 9.12. The minimum atomic E-state index is -0.781. The number of amides is 1. The molecule has 2 heterocycles. The first-order valence-electron chi connectivity index (χ1n) is 11.8. The number of likely N-dealkylation sites (tertiary alicyclic amines) is 1. The summed E-state index contributed by atoms with van der Waals surface area (Å²) in [5, 5.41) is 4.67. The van der Waals surface area contributed by atoms with Gasteiger partial charge < -0.3 is 9.64 Å². The van der Waals surface area contributed by atoms with Crippen LogP contribution < -0.4 is 11.2 Å². The summed E-state index contributed by atoms with van der Waals surface area (Å²) in [7, 11) is 0. The third-order valence-electron chi connectivity index (χ3n) is 6.25. The van der Waals surface area contributed by atoms with E-state index in [0.717, 1.165) is 20.4 Å². The molecular formula is C26H27ClN4O5. The lowest BCUT2D eigenvalue weighted by Gasteiger charge is -2.31. The lowest BCUT2D eigenvalue weighted by atomic mass is 9.98. The molecule has 1 aliphatic heterocycles. The Balaban J connectivity index is 1.79. The molecule has 10 heteroatoms. The Morgan fingerprint density at radius 2 is 1.83 bits per heavy atom. The summed E-state index contributed by atoms with van der Waals surface area (Å²) in [6, 6.07) is 13.8. The first kappa shape index (κ1) is 25.4. The molecule has 1 aromatic heterocycles. The van der Waals surface area contributed by atoms with Crippen molar-refractivity contribution in [1.29, 1.82) is 0 Å². The van der Waals surface area contributed by atoms with Gasteiger partial charge in [-0.3, -0.25) is 19.0 Å². The maximum atomic E-state index is 13.5. The quantitative estimate of drug-likeness (QED) is 0.472. The summed E-state index contributed by atoms with van der Waals surface area (Å²) in [4.78, 5) is 54.1. The number of carbonyl (C=O) groups is 2. The third kappa shape index (κ3) is 5.26. The average molecular weight is 511 g/mol. The largest absolute Gasteiger partial charge is 0.466 e. The van der Waals surface area contributed by atoms with Crippen LogP contribution in [0.5, 0.6) is 0 Å². The fourth-order valence-electron chi connectivity index (χ4n) is 4.26. The number of benzene rings is 2. The van der Waals surface area contributed by atoms with Gasteiger partial charge in [0.25, 0.3) is 11.5 Å². The van der Waals surface area contributed by atoms with E-state index in [4.69, 9.17) is 16.3 Å². The van der Waals surface area contributed by atoms with Gasteiger partial charge in [0, 0.05) is 18.1 Å². The highest BCUT2D eigenvalue weighted by atomic mass is 35.5. The van der Waals surface area contributed by atoms with Gasteiger partial charge in [-0.05, 0) is 62.1 Å². The molecule has 1 atom stereocenters. The lowest BCUT2D eigenvalue weighted by Crippen LogP contribution is -2.49. The van der Waals surface area contributed by atoms with E-state index in [-0.39, 0.29) is 31.4 Å². The monoisotopic (exact) mass is 510 g/mol. The molecule has 4 rings (SSSR count). The van der Waals surface area contributed by atoms with E-state index in [9.17, 15) is 19.2 Å². The van der Waals surface area contributed by atoms with Gasteiger partial charge in [-0.2, -0.15) is 9.78 Å². The smallest absolute Gasteiger partial charge is 0.352 e. The molecule has 1 fully saturated rings. The Morgan fingerprint density at radius 3 is 2.53 bits per heavy atom. The summed E-state index contributed by atoms with van der Waals surface area (Å²) in [6.45, 7) is 4.33. The zero-order valence-corrected chi connectivity index (χ0v) is 20.9. The number of esters is 1. The SMILES string of the molecule is CCOC(=O)C1CCCN(C(=O)c2nn(-c3ccc(Cl)cc3)c(=O)n(Cc3ccccc3C)c2=O)C1. The normalized spacial score (nSPS) is 15.5. The maximum absolute atomic E-state index is 13.5. The molecule has 0 aliphatic carbocycles. The Hall–Kier alpha value is -3.72. The number of carbonyl (C=O) groups excluding carboxylic acids is 2. The molecule has 188 valence electrons. The van der Waals surface area contributed by atoms with Crippen LogP contribution in [0.3, 0.4) is 0 Å². The van der Waals surface area contributed by atoms with E-state index >= 15 is 0 Å². The third-order valence-corrected chi connectivity index (χ3v) is 6.50. The number of ether oxygens (including phenoxy) is 1. The van der Waals surface area contributed by atoms with E-state index in [0.29, 0.717) is 30.1 Å². The van der Waals surface area contributed by atoms with Crippen molar-refractivity contribution >= 4 is 23.5 Å². The van der Waals surface area contributed by atoms with Crippen molar-refractivity contribution in [3.63, 3.8) is 0 Å². The molecular weight excluding hydrogens is 484 g/mol. The van der Waals surface area contributed by atoms with Gasteiger partial charge in [0.05, 0.1) is 24.8 Å². The van der Waals surface area contributed by atoms with Gasteiger partial charge in [0.2, 0.25) is 5.69 Å². The fraction of sp³-hybridized carbons (Fsp3) is 0.346. The molecule has 0 bridgehead atoms. The Bertz CT molecular complexity index is 1400. The van der Waals surface area contributed by atoms with Crippen molar-refractivity contribution in [3.05, 3.63) is 91.2 Å². The van der Waals surface area contributed by atoms with Crippen LogP contribution in [0.2, 0.25) is 5.02 Å². The van der Waals surface area contributed by atoms with E-state index in [2.05, 4.69) is 5.10 Å². The van der Waals surface area contributed by atoms with Crippen molar-refractivity contribution in [3.8, 4) is 5.69 Å². The highest BCUT2D eigenvalue weighted by molar-refractivity contribution is 6.30. The van der Waals surface area contributed by atoms with Crippen molar-refractivity contribution < 1.29 is 14.3 Å². The summed E-state index contributed by atoms with van der Waals surface area (Å²) in [5.74, 6) is -1.47. The zero-order valence-electron chi connectivity index (χ0n) is 20.1. The number of aromatic nitrogens is 3. The van der Waals surface area contributed by atoms with Crippen LogP contribution in [0.15, 0.2) is 58.1 Å². The second kappa shape index (κ2) is 10.9. The van der Waals surface area contributed by atoms with Crippen molar-refractivity contribution in [2.45, 2.75) is 33.2 Å². The highest BCUT2D eigenvalue weighted by Gasteiger charge is 2.32. The topological polar surface area (TPSA) is 104 Å². The Labute approximate surface area is 212 Å². The van der Waals surface area contributed by atoms with Crippen LogP contribution in [0, 0.1) is 12.8 Å². The van der Waals surface area contributed by atoms with Crippen LogP contribution in [-0.2, 0) is 16.1 Å². The molecule has 1 aliphatic rings. The zero-order chi connectivity index (χ0) is 25.8. The molecule has 0 radical (unpaired) electrons. The van der Waals surface area contributed by atoms with Crippen LogP contribution in [-0.4, -0.2) is 50.8 Å². The number of hydrogen-bond donors (Lipinski definition) is 0. The summed E-state index contributed by atoms with van der Waals surface area (Å²) < 4.78 is 7.18. The maximum Gasteiger partial charge on any atom is 0.352 e. The number of nitrogens with zero attached hydrogens (tertiary/aromatic N) is 4. The predicted octanol–water partition coefficient (Wildman–Crippen LogP) is 2.82. The van der Waals surface area contributed by atoms with Crippen LogP contribution >= 0.6 is 11.6 Å². The average Bonchev–Trinajstić information content (AvgIpc) is 2.88. The predicted molar refractivity (Wildman–Crippen MR) is 135 cm³/mol. The molecule has 1 unspecified atom stereocenters. The number of halogens is 1. The van der Waals surface area contributed by atoms with Gasteiger partial charge in [-0.25, -0.2) is 4.79 Å². The van der Waals surface area contributed by atoms with Crippen molar-refractivity contribution in [2.75, 3.05) is 19.7 Å². The number of hydrogen-bond acceptors (Lipinski definition) is 6. The number of aryl methyl sites for hydroxylation is 1. The Morgan fingerprint density at radius 1 is 1.11 bits per heavy atom. The van der Waals surface area contributed by atoms with Gasteiger partial charge in [0.15, 0.2) is 0 Å². The Kier molecular flexibility index (Phi) is 7.69. The fourth-order valence-corrected chi connectivity index (χ4v) is 4.39. The van der Waals surface area contributed by atoms with Crippen LogP contribution in [0.25, 0.3) is 5.69 Å². The minimum Gasteiger partial charge on any atom is -0.466 e. The molecule has 9 nitrogen and oxygen atoms in total. The van der Waals surface area contributed by atoms with E-state index in [1.165, 1.54) is 4.90 Å². The van der Waals surface area contributed by atoms with E-state index in [1.807, 2.05) is 31.2 Å². The second-order valence-electron chi connectivity index (χ2n) is 8.68. The van der Waals surface area contributed by atoms with Gasteiger partial charge in [-0.15, -0.1) is 0 Å². The molecule has 36 heavy (non-hydrogen) atoms. The molecule has 0 saturated carbocycles. The summed E-state index contributed by atoms with van der Waals surface area (Å²) in [5.41, 5.74) is 0.189. The van der Waals surface area contributed by atoms with E-state index < -0.39 is 23.1 Å². The van der Waals surface area contributed by atoms with Gasteiger partial charge >= 0.3 is 11.7 Å². The summed E-state index contributed by atoms with van der Waals surface area (Å²) in [6.07, 6.45) is 1.18. The van der Waals surface area contributed by atoms with E-state index in [1.54, 1.807) is 31.2 Å². The molecule has 3 aromatic rings. The lowest BCUT2D eigenvalue weighted by molar-refractivity contribution is -0.149. The van der Waals surface area contributed by atoms with Crippen molar-refractivity contribution in [2.24, 2.45) is 5.92 Å². The first-order valence-corrected chi connectivity index (χ1v) is 12.2. The number of rotatable bonds is 6. The van der Waals surface area contributed by atoms with Crippen LogP contribution in [0.1, 0.15) is 41.4 Å². The standard InChI is InChI=1S/C26H27ClN4O5/c1-3-36-25(34)19-9-6-14-29(15-19)23(32)22-24(33)30(16-18-8-5-4-7-17(18)2)26(35)31(28-22)21-12-10-20(27)11-13-21/h4-5,7-8,10-13,19H,3,6,9,14-16H2,1-2H3. The van der Waals surface area contributed by atoms with Gasteiger partial charge in [0.1, 0.15) is 0 Å². The van der Waals surface area contributed by atoms with Crippen LogP contribution in [0.4, 0.5) is 0 Å². The molecule has 0 N–H and O–H groups in total. The molecule has 0 spiro atoms. The number of piperidine rings is 1. The molecule has 1 amide bonds. The van der Waals surface area contributed by atoms with Gasteiger partial charge in [-0.1, -0.05) is 35.9 Å². The minimum absolute atomic E-state index is 0.0216. The van der Waals surface area contributed by atoms with Crippen molar-refractivity contribution in [1.82, 2.24) is 19.2 Å². The highest BCUT2D eigenvalue weighted by Crippen LogP contribution is 2.19. The summed E-state index contributed by atoms with van der Waals surface area (Å²) >= 11 is 6.00. The molecule has 1 saturated heterocycles. The molecule has 2 aromatic carbocycles.